The first-order chi connectivity index (χ1) is 9.81. The third-order valence-corrected chi connectivity index (χ3v) is 5.47. The highest BCUT2D eigenvalue weighted by molar-refractivity contribution is 5.30. The number of rotatable bonds is 4. The Kier molecular flexibility index (Phi) is 4.77. The SMILES string of the molecule is CC1CCC(CCNC2CCc3ccccc3C2)CC1. The lowest BCUT2D eigenvalue weighted by atomic mass is 9.81. The summed E-state index contributed by atoms with van der Waals surface area (Å²) in [5.41, 5.74) is 3.15. The van der Waals surface area contributed by atoms with Gasteiger partial charge in [-0.2, -0.15) is 0 Å². The van der Waals surface area contributed by atoms with Crippen molar-refractivity contribution in [1.82, 2.24) is 5.32 Å². The number of hydrogen-bond acceptors (Lipinski definition) is 1. The van der Waals surface area contributed by atoms with Crippen LogP contribution in [0.25, 0.3) is 0 Å². The molecular weight excluding hydrogens is 242 g/mol. The third kappa shape index (κ3) is 3.63. The Labute approximate surface area is 124 Å². The van der Waals surface area contributed by atoms with Gasteiger partial charge in [-0.15, -0.1) is 0 Å². The van der Waals surface area contributed by atoms with Crippen LogP contribution in [0.3, 0.4) is 0 Å². The van der Waals surface area contributed by atoms with Crippen molar-refractivity contribution in [2.24, 2.45) is 11.8 Å². The number of fused-ring (bicyclic) bond motifs is 1. The van der Waals surface area contributed by atoms with E-state index in [9.17, 15) is 0 Å². The van der Waals surface area contributed by atoms with Crippen LogP contribution in [0.15, 0.2) is 24.3 Å². The Morgan fingerprint density at radius 1 is 1.00 bits per heavy atom. The van der Waals surface area contributed by atoms with Crippen molar-refractivity contribution >= 4 is 0 Å². The lowest BCUT2D eigenvalue weighted by Gasteiger charge is -2.28. The summed E-state index contributed by atoms with van der Waals surface area (Å²) in [4.78, 5) is 0. The highest BCUT2D eigenvalue weighted by atomic mass is 14.9. The van der Waals surface area contributed by atoms with Crippen LogP contribution >= 0.6 is 0 Å². The molecule has 110 valence electrons. The summed E-state index contributed by atoms with van der Waals surface area (Å²) >= 11 is 0. The van der Waals surface area contributed by atoms with Crippen LogP contribution in [0.4, 0.5) is 0 Å². The monoisotopic (exact) mass is 271 g/mol. The van der Waals surface area contributed by atoms with Crippen molar-refractivity contribution in [3.63, 3.8) is 0 Å². The Morgan fingerprint density at radius 2 is 1.75 bits per heavy atom. The fourth-order valence-electron chi connectivity index (χ4n) is 3.98. The summed E-state index contributed by atoms with van der Waals surface area (Å²) in [6, 6.07) is 9.69. The largest absolute Gasteiger partial charge is 0.314 e. The van der Waals surface area contributed by atoms with E-state index < -0.39 is 0 Å². The molecule has 1 atom stereocenters. The first-order valence-corrected chi connectivity index (χ1v) is 8.61. The molecule has 20 heavy (non-hydrogen) atoms. The zero-order valence-corrected chi connectivity index (χ0v) is 12.9. The molecule has 1 saturated carbocycles. The predicted molar refractivity (Wildman–Crippen MR) is 86.0 cm³/mol. The fraction of sp³-hybridized carbons (Fsp3) is 0.684. The van der Waals surface area contributed by atoms with Crippen molar-refractivity contribution in [3.05, 3.63) is 35.4 Å². The quantitative estimate of drug-likeness (QED) is 0.858. The lowest BCUT2D eigenvalue weighted by molar-refractivity contribution is 0.271. The van der Waals surface area contributed by atoms with Gasteiger partial charge in [0, 0.05) is 6.04 Å². The molecule has 0 bridgehead atoms. The van der Waals surface area contributed by atoms with E-state index >= 15 is 0 Å². The standard InChI is InChI=1S/C19H29N/c1-15-6-8-16(9-7-15)12-13-20-19-11-10-17-4-2-3-5-18(17)14-19/h2-5,15-16,19-20H,6-14H2,1H3. The van der Waals surface area contributed by atoms with E-state index in [1.807, 2.05) is 0 Å². The highest BCUT2D eigenvalue weighted by Gasteiger charge is 2.20. The smallest absolute Gasteiger partial charge is 0.0111 e. The summed E-state index contributed by atoms with van der Waals surface area (Å²) < 4.78 is 0. The maximum atomic E-state index is 3.82. The molecule has 0 heterocycles. The minimum Gasteiger partial charge on any atom is -0.314 e. The van der Waals surface area contributed by atoms with Crippen molar-refractivity contribution in [2.75, 3.05) is 6.54 Å². The Balaban J connectivity index is 1.40. The molecule has 0 aromatic heterocycles. The van der Waals surface area contributed by atoms with Crippen LogP contribution in [-0.2, 0) is 12.8 Å². The van der Waals surface area contributed by atoms with E-state index in [2.05, 4.69) is 36.5 Å². The molecule has 1 heteroatoms. The molecule has 0 aliphatic heterocycles. The molecule has 1 fully saturated rings. The first kappa shape index (κ1) is 14.1. The van der Waals surface area contributed by atoms with Gasteiger partial charge in [0.25, 0.3) is 0 Å². The maximum absolute atomic E-state index is 3.82. The second-order valence-electron chi connectivity index (χ2n) is 7.08. The molecule has 3 rings (SSSR count). The minimum atomic E-state index is 0.715. The van der Waals surface area contributed by atoms with Gasteiger partial charge in [-0.05, 0) is 55.2 Å². The van der Waals surface area contributed by atoms with Crippen LogP contribution in [0.5, 0.6) is 0 Å². The van der Waals surface area contributed by atoms with Crippen LogP contribution in [0, 0.1) is 11.8 Å². The minimum absolute atomic E-state index is 0.715. The number of aryl methyl sites for hydroxylation is 1. The molecule has 0 radical (unpaired) electrons. The summed E-state index contributed by atoms with van der Waals surface area (Å²) in [6.45, 7) is 3.64. The van der Waals surface area contributed by atoms with Crippen molar-refractivity contribution in [3.8, 4) is 0 Å². The van der Waals surface area contributed by atoms with Gasteiger partial charge in [0.05, 0.1) is 0 Å². The summed E-state index contributed by atoms with van der Waals surface area (Å²) in [5, 5.41) is 3.82. The summed E-state index contributed by atoms with van der Waals surface area (Å²) in [6.07, 6.45) is 11.1. The third-order valence-electron chi connectivity index (χ3n) is 5.47. The van der Waals surface area contributed by atoms with Gasteiger partial charge in [0.1, 0.15) is 0 Å². The van der Waals surface area contributed by atoms with Crippen molar-refractivity contribution in [1.29, 1.82) is 0 Å². The molecule has 1 N–H and O–H groups in total. The maximum Gasteiger partial charge on any atom is 0.0111 e. The molecule has 1 nitrogen and oxygen atoms in total. The zero-order valence-electron chi connectivity index (χ0n) is 12.9. The van der Waals surface area contributed by atoms with Crippen LogP contribution < -0.4 is 5.32 Å². The second-order valence-corrected chi connectivity index (χ2v) is 7.08. The van der Waals surface area contributed by atoms with Gasteiger partial charge in [-0.25, -0.2) is 0 Å². The van der Waals surface area contributed by atoms with Crippen LogP contribution in [0.1, 0.15) is 56.6 Å². The van der Waals surface area contributed by atoms with E-state index in [4.69, 9.17) is 0 Å². The normalized spacial score (nSPS) is 29.9. The number of nitrogens with one attached hydrogen (secondary N) is 1. The Hall–Kier alpha value is -0.820. The molecular formula is C19H29N. The average Bonchev–Trinajstić information content (AvgIpc) is 2.49. The van der Waals surface area contributed by atoms with E-state index in [0.717, 1.165) is 11.8 Å². The first-order valence-electron chi connectivity index (χ1n) is 8.61. The molecule has 2 aliphatic rings. The van der Waals surface area contributed by atoms with Gasteiger partial charge in [0.2, 0.25) is 0 Å². The Morgan fingerprint density at radius 3 is 2.55 bits per heavy atom. The summed E-state index contributed by atoms with van der Waals surface area (Å²) in [7, 11) is 0. The summed E-state index contributed by atoms with van der Waals surface area (Å²) in [5.74, 6) is 1.98. The van der Waals surface area contributed by atoms with Crippen LogP contribution in [0.2, 0.25) is 0 Å². The molecule has 1 unspecified atom stereocenters. The molecule has 0 spiro atoms. The van der Waals surface area contributed by atoms with Crippen molar-refractivity contribution in [2.45, 2.75) is 64.3 Å². The lowest BCUT2D eigenvalue weighted by Crippen LogP contribution is -2.36. The molecule has 0 saturated heterocycles. The highest BCUT2D eigenvalue weighted by Crippen LogP contribution is 2.30. The zero-order chi connectivity index (χ0) is 13.8. The van der Waals surface area contributed by atoms with E-state index in [-0.39, 0.29) is 0 Å². The van der Waals surface area contributed by atoms with Gasteiger partial charge < -0.3 is 5.32 Å². The fourth-order valence-corrected chi connectivity index (χ4v) is 3.98. The predicted octanol–water partition coefficient (Wildman–Crippen LogP) is 4.35. The Bertz CT molecular complexity index is 418. The number of hydrogen-bond donors (Lipinski definition) is 1. The van der Waals surface area contributed by atoms with Gasteiger partial charge in [0.15, 0.2) is 0 Å². The topological polar surface area (TPSA) is 12.0 Å². The molecule has 1 aromatic carbocycles. The van der Waals surface area contributed by atoms with Crippen LogP contribution in [-0.4, -0.2) is 12.6 Å². The van der Waals surface area contributed by atoms with Crippen molar-refractivity contribution < 1.29 is 0 Å². The average molecular weight is 271 g/mol. The molecule has 1 aromatic rings. The second kappa shape index (κ2) is 6.76. The van der Waals surface area contributed by atoms with Gasteiger partial charge in [-0.3, -0.25) is 0 Å². The molecule has 0 amide bonds. The van der Waals surface area contributed by atoms with Gasteiger partial charge >= 0.3 is 0 Å². The van der Waals surface area contributed by atoms with E-state index in [1.165, 1.54) is 57.9 Å². The van der Waals surface area contributed by atoms with E-state index in [0.29, 0.717) is 6.04 Å². The van der Waals surface area contributed by atoms with E-state index in [1.54, 1.807) is 11.1 Å². The number of benzene rings is 1. The molecule has 2 aliphatic carbocycles. The van der Waals surface area contributed by atoms with Gasteiger partial charge in [-0.1, -0.05) is 56.9 Å².